The third-order valence-electron chi connectivity index (χ3n) is 13.1. The van der Waals surface area contributed by atoms with Crippen LogP contribution in [0.4, 0.5) is 17.1 Å². The molecule has 7 aromatic carbocycles. The number of hydrogen-bond acceptors (Lipinski definition) is 2. The van der Waals surface area contributed by atoms with Gasteiger partial charge in [0, 0.05) is 33.2 Å². The van der Waals surface area contributed by atoms with Gasteiger partial charge in [-0.05, 0) is 158 Å². The van der Waals surface area contributed by atoms with E-state index in [9.17, 15) is 0 Å². The van der Waals surface area contributed by atoms with Crippen molar-refractivity contribution in [2.75, 3.05) is 4.90 Å². The van der Waals surface area contributed by atoms with Crippen molar-refractivity contribution in [3.05, 3.63) is 198 Å². The second-order valence-electron chi connectivity index (χ2n) is 17.5. The van der Waals surface area contributed by atoms with Gasteiger partial charge in [-0.25, -0.2) is 0 Å². The van der Waals surface area contributed by atoms with E-state index in [1.165, 1.54) is 71.9 Å². The highest BCUT2D eigenvalue weighted by Gasteiger charge is 2.38. The number of fused-ring (bicyclic) bond motifs is 7. The van der Waals surface area contributed by atoms with Crippen LogP contribution in [0.3, 0.4) is 0 Å². The van der Waals surface area contributed by atoms with E-state index >= 15 is 0 Å². The van der Waals surface area contributed by atoms with Gasteiger partial charge in [0.05, 0.1) is 0 Å². The number of furan rings is 1. The van der Waals surface area contributed by atoms with Crippen LogP contribution in [-0.2, 0) is 5.41 Å². The number of benzene rings is 7. The summed E-state index contributed by atoms with van der Waals surface area (Å²) < 4.78 is 6.32. The van der Waals surface area contributed by atoms with Gasteiger partial charge in [-0.1, -0.05) is 136 Å². The number of para-hydroxylation sites is 2. The van der Waals surface area contributed by atoms with Crippen LogP contribution >= 0.6 is 0 Å². The average Bonchev–Trinajstić information content (AvgIpc) is 3.75. The summed E-state index contributed by atoms with van der Waals surface area (Å²) in [5.74, 6) is 1.05. The van der Waals surface area contributed by atoms with Crippen molar-refractivity contribution in [3.8, 4) is 22.3 Å². The highest BCUT2D eigenvalue weighted by atomic mass is 16.3. The van der Waals surface area contributed by atoms with Crippen molar-refractivity contribution in [2.45, 2.75) is 46.0 Å². The molecule has 1 aromatic heterocycles. The van der Waals surface area contributed by atoms with Crippen LogP contribution in [0.1, 0.15) is 57.2 Å². The molecule has 2 heteroatoms. The van der Waals surface area contributed by atoms with Crippen molar-refractivity contribution in [3.63, 3.8) is 0 Å². The molecular weight excluding hydrogens is 715 g/mol. The summed E-state index contributed by atoms with van der Waals surface area (Å²) in [4.78, 5) is 2.42. The summed E-state index contributed by atoms with van der Waals surface area (Å²) in [5.41, 5.74) is 18.3. The number of nitrogens with zero attached hydrogens (tertiary/aromatic N) is 1. The number of allylic oxidation sites excluding steroid dienone is 8. The highest BCUT2D eigenvalue weighted by molar-refractivity contribution is 6.19. The summed E-state index contributed by atoms with van der Waals surface area (Å²) in [6, 6.07) is 53.8. The second-order valence-corrected chi connectivity index (χ2v) is 17.5. The van der Waals surface area contributed by atoms with E-state index in [0.29, 0.717) is 11.8 Å². The molecule has 0 N–H and O–H groups in total. The van der Waals surface area contributed by atoms with Gasteiger partial charge in [0.2, 0.25) is 0 Å². The molecular formula is C57H47NO. The van der Waals surface area contributed by atoms with Crippen LogP contribution in [0.25, 0.3) is 66.1 Å². The Labute approximate surface area is 347 Å². The quantitative estimate of drug-likeness (QED) is 0.168. The van der Waals surface area contributed by atoms with Gasteiger partial charge < -0.3 is 9.32 Å². The Morgan fingerprint density at radius 3 is 2.17 bits per heavy atom. The topological polar surface area (TPSA) is 16.4 Å². The smallest absolute Gasteiger partial charge is 0.136 e. The van der Waals surface area contributed by atoms with Crippen LogP contribution in [-0.4, -0.2) is 0 Å². The summed E-state index contributed by atoms with van der Waals surface area (Å²) in [6.45, 7) is 9.44. The van der Waals surface area contributed by atoms with Crippen molar-refractivity contribution in [1.29, 1.82) is 0 Å². The number of anilines is 3. The first-order valence-corrected chi connectivity index (χ1v) is 21.2. The Morgan fingerprint density at radius 1 is 0.576 bits per heavy atom. The van der Waals surface area contributed by atoms with Gasteiger partial charge in [-0.15, -0.1) is 0 Å². The zero-order valence-electron chi connectivity index (χ0n) is 34.2. The molecule has 2 unspecified atom stereocenters. The molecule has 0 spiro atoms. The van der Waals surface area contributed by atoms with Gasteiger partial charge >= 0.3 is 0 Å². The molecule has 3 aliphatic carbocycles. The lowest BCUT2D eigenvalue weighted by Gasteiger charge is -2.29. The van der Waals surface area contributed by atoms with E-state index < -0.39 is 0 Å². The fourth-order valence-corrected chi connectivity index (χ4v) is 10.0. The average molecular weight is 762 g/mol. The summed E-state index contributed by atoms with van der Waals surface area (Å²) in [6.07, 6.45) is 14.0. The van der Waals surface area contributed by atoms with E-state index in [2.05, 4.69) is 203 Å². The molecule has 2 atom stereocenters. The van der Waals surface area contributed by atoms with Crippen molar-refractivity contribution in [1.82, 2.24) is 0 Å². The fraction of sp³-hybridized carbons (Fsp3) is 0.158. The van der Waals surface area contributed by atoms with Crippen molar-refractivity contribution >= 4 is 60.9 Å². The van der Waals surface area contributed by atoms with Crippen LogP contribution in [0.2, 0.25) is 0 Å². The van der Waals surface area contributed by atoms with Gasteiger partial charge in [0.15, 0.2) is 0 Å². The summed E-state index contributed by atoms with van der Waals surface area (Å²) >= 11 is 0. The lowest BCUT2D eigenvalue weighted by atomic mass is 9.76. The minimum atomic E-state index is 0.0204. The standard InChI is InChI=1S/C57H47NO/c1-36-12-10-13-39(28-36)42-30-43(32-44(31-42)41-22-21-38-23-27-55-56(50(38)34-41)49-18-8-9-19-54(49)59-55)40-14-11-17-46(33-40)58(45-15-6-5-7-16-45)47-24-26-52-51(35-47)48-25-20-37(2)29-53(48)57(52,3)4/h5-11,13-28,30-37H,12,29H2,1-4H3. The first kappa shape index (κ1) is 35.5. The molecule has 0 saturated carbocycles. The maximum atomic E-state index is 6.32. The Bertz CT molecular complexity index is 3110. The minimum Gasteiger partial charge on any atom is -0.456 e. The molecule has 3 aliphatic rings. The van der Waals surface area contributed by atoms with Gasteiger partial charge in [-0.2, -0.15) is 0 Å². The van der Waals surface area contributed by atoms with E-state index in [-0.39, 0.29) is 5.41 Å². The predicted octanol–water partition coefficient (Wildman–Crippen LogP) is 16.2. The Kier molecular flexibility index (Phi) is 8.27. The molecule has 11 rings (SSSR count). The lowest BCUT2D eigenvalue weighted by molar-refractivity contribution is 0.566. The molecule has 0 radical (unpaired) electrons. The van der Waals surface area contributed by atoms with Crippen LogP contribution < -0.4 is 4.90 Å². The maximum Gasteiger partial charge on any atom is 0.136 e. The molecule has 0 saturated heterocycles. The fourth-order valence-electron chi connectivity index (χ4n) is 10.0. The zero-order valence-corrected chi connectivity index (χ0v) is 34.2. The Balaban J connectivity index is 1.06. The molecule has 59 heavy (non-hydrogen) atoms. The van der Waals surface area contributed by atoms with Crippen LogP contribution in [0.5, 0.6) is 0 Å². The molecule has 0 fully saturated rings. The SMILES string of the molecule is CC1C=C(c2cc(-c3cccc(N(c4ccccc4)c4ccc5c(c4)C4=C(CC(C)C=C4)C5(C)C)c3)cc(-c3ccc4ccc5oc6ccccc6c5c4c3)c2)C=CC1. The summed E-state index contributed by atoms with van der Waals surface area (Å²) in [5, 5.41) is 4.75. The third-order valence-corrected chi connectivity index (χ3v) is 13.1. The minimum absolute atomic E-state index is 0.0204. The number of rotatable bonds is 6. The molecule has 0 bridgehead atoms. The maximum absolute atomic E-state index is 6.32. The number of hydrogen-bond donors (Lipinski definition) is 0. The van der Waals surface area contributed by atoms with Gasteiger partial charge in [-0.3, -0.25) is 0 Å². The largest absolute Gasteiger partial charge is 0.456 e. The van der Waals surface area contributed by atoms with E-state index in [1.807, 2.05) is 6.07 Å². The third kappa shape index (κ3) is 6.00. The zero-order chi connectivity index (χ0) is 39.8. The Hall–Kier alpha value is -6.64. The second kappa shape index (κ2) is 13.7. The van der Waals surface area contributed by atoms with Gasteiger partial charge in [0.25, 0.3) is 0 Å². The van der Waals surface area contributed by atoms with E-state index in [4.69, 9.17) is 4.42 Å². The lowest BCUT2D eigenvalue weighted by Crippen LogP contribution is -2.19. The van der Waals surface area contributed by atoms with Crippen LogP contribution in [0.15, 0.2) is 186 Å². The first-order chi connectivity index (χ1) is 28.8. The Morgan fingerprint density at radius 2 is 1.32 bits per heavy atom. The monoisotopic (exact) mass is 761 g/mol. The van der Waals surface area contributed by atoms with E-state index in [0.717, 1.165) is 40.8 Å². The molecule has 0 aliphatic heterocycles. The molecule has 1 heterocycles. The van der Waals surface area contributed by atoms with E-state index in [1.54, 1.807) is 5.57 Å². The van der Waals surface area contributed by atoms with Crippen LogP contribution in [0, 0.1) is 11.8 Å². The molecule has 0 amide bonds. The first-order valence-electron chi connectivity index (χ1n) is 21.2. The highest BCUT2D eigenvalue weighted by Crippen LogP contribution is 2.52. The molecule has 2 nitrogen and oxygen atoms in total. The van der Waals surface area contributed by atoms with Gasteiger partial charge in [0.1, 0.15) is 11.2 Å². The molecule has 286 valence electrons. The van der Waals surface area contributed by atoms with Crippen molar-refractivity contribution in [2.24, 2.45) is 11.8 Å². The predicted molar refractivity (Wildman–Crippen MR) is 251 cm³/mol. The molecule has 8 aromatic rings. The normalized spacial score (nSPS) is 18.1. The summed E-state index contributed by atoms with van der Waals surface area (Å²) in [7, 11) is 0. The van der Waals surface area contributed by atoms with Crippen molar-refractivity contribution < 1.29 is 4.42 Å².